The molecule has 1 unspecified atom stereocenters. The summed E-state index contributed by atoms with van der Waals surface area (Å²) in [4.78, 5) is 10.9. The van der Waals surface area contributed by atoms with Crippen LogP contribution in [0.25, 0.3) is 10.8 Å². The van der Waals surface area contributed by atoms with Gasteiger partial charge in [0.15, 0.2) is 0 Å². The lowest BCUT2D eigenvalue weighted by Crippen LogP contribution is -2.13. The monoisotopic (exact) mass is 283 g/mol. The van der Waals surface area contributed by atoms with Crippen LogP contribution in [-0.2, 0) is 11.2 Å². The first-order valence-electron chi connectivity index (χ1n) is 7.57. The van der Waals surface area contributed by atoms with E-state index in [1.54, 1.807) is 7.11 Å². The zero-order chi connectivity index (χ0) is 14.8. The van der Waals surface area contributed by atoms with Crippen molar-refractivity contribution in [3.63, 3.8) is 0 Å². The van der Waals surface area contributed by atoms with Gasteiger partial charge in [-0.25, -0.2) is 0 Å². The number of primary amides is 1. The highest BCUT2D eigenvalue weighted by Gasteiger charge is 2.23. The normalized spacial score (nSPS) is 16.9. The molecule has 1 amide bonds. The van der Waals surface area contributed by atoms with Gasteiger partial charge in [0.25, 0.3) is 0 Å². The number of ether oxygens (including phenoxy) is 1. The lowest BCUT2D eigenvalue weighted by molar-refractivity contribution is -0.118. The summed E-state index contributed by atoms with van der Waals surface area (Å²) in [5.41, 5.74) is 7.97. The molecule has 1 aliphatic rings. The summed E-state index contributed by atoms with van der Waals surface area (Å²) < 4.78 is 5.52. The van der Waals surface area contributed by atoms with Crippen LogP contribution in [0.3, 0.4) is 0 Å². The number of nitrogens with two attached hydrogens (primary N) is 1. The van der Waals surface area contributed by atoms with Crippen LogP contribution in [-0.4, -0.2) is 13.0 Å². The summed E-state index contributed by atoms with van der Waals surface area (Å²) in [5.74, 6) is 1.31. The maximum absolute atomic E-state index is 10.9. The number of benzene rings is 2. The summed E-state index contributed by atoms with van der Waals surface area (Å²) in [7, 11) is 1.74. The summed E-state index contributed by atoms with van der Waals surface area (Å²) in [5, 5.41) is 2.63. The molecule has 2 N–H and O–H groups in total. The zero-order valence-corrected chi connectivity index (χ0v) is 12.4. The molecule has 1 atom stereocenters. The number of carbonyl (C=O) groups excluding carboxylic acids is 1. The molecular weight excluding hydrogens is 262 g/mol. The van der Waals surface area contributed by atoms with Gasteiger partial charge in [-0.1, -0.05) is 24.3 Å². The van der Waals surface area contributed by atoms with E-state index in [2.05, 4.69) is 30.3 Å². The Morgan fingerprint density at radius 1 is 1.33 bits per heavy atom. The minimum atomic E-state index is -0.203. The molecule has 0 heterocycles. The van der Waals surface area contributed by atoms with Crippen LogP contribution in [0.5, 0.6) is 5.75 Å². The molecule has 3 heteroatoms. The van der Waals surface area contributed by atoms with E-state index < -0.39 is 0 Å². The summed E-state index contributed by atoms with van der Waals surface area (Å²) in [6.45, 7) is 0. The van der Waals surface area contributed by atoms with E-state index in [1.165, 1.54) is 21.9 Å². The quantitative estimate of drug-likeness (QED) is 0.912. The van der Waals surface area contributed by atoms with E-state index in [0.717, 1.165) is 31.4 Å². The number of carbonyl (C=O) groups is 1. The number of hydrogen-bond acceptors (Lipinski definition) is 2. The second-order valence-corrected chi connectivity index (χ2v) is 5.79. The van der Waals surface area contributed by atoms with Gasteiger partial charge in [-0.05, 0) is 54.0 Å². The Bertz CT molecular complexity index is 678. The summed E-state index contributed by atoms with van der Waals surface area (Å²) >= 11 is 0. The predicted molar refractivity (Wildman–Crippen MR) is 84.6 cm³/mol. The highest BCUT2D eigenvalue weighted by atomic mass is 16.5. The highest BCUT2D eigenvalue weighted by Crippen LogP contribution is 2.42. The molecule has 0 radical (unpaired) electrons. The Morgan fingerprint density at radius 3 is 2.95 bits per heavy atom. The Balaban J connectivity index is 1.97. The molecule has 0 aliphatic heterocycles. The van der Waals surface area contributed by atoms with Crippen LogP contribution in [0.4, 0.5) is 0 Å². The molecule has 3 rings (SSSR count). The van der Waals surface area contributed by atoms with Gasteiger partial charge in [-0.2, -0.15) is 0 Å². The average molecular weight is 283 g/mol. The van der Waals surface area contributed by atoms with Crippen LogP contribution < -0.4 is 10.5 Å². The molecule has 3 nitrogen and oxygen atoms in total. The van der Waals surface area contributed by atoms with E-state index in [9.17, 15) is 4.79 Å². The molecular formula is C18H21NO2. The minimum Gasteiger partial charge on any atom is -0.496 e. The van der Waals surface area contributed by atoms with Crippen molar-refractivity contribution >= 4 is 16.7 Å². The number of hydrogen-bond donors (Lipinski definition) is 1. The van der Waals surface area contributed by atoms with Crippen molar-refractivity contribution in [3.05, 3.63) is 41.5 Å². The van der Waals surface area contributed by atoms with Gasteiger partial charge in [0.2, 0.25) is 5.91 Å². The van der Waals surface area contributed by atoms with Crippen molar-refractivity contribution in [1.29, 1.82) is 0 Å². The summed E-state index contributed by atoms with van der Waals surface area (Å²) in [6.07, 6.45) is 4.54. The Morgan fingerprint density at radius 2 is 2.19 bits per heavy atom. The molecule has 0 spiro atoms. The lowest BCUT2D eigenvalue weighted by atomic mass is 9.79. The van der Waals surface area contributed by atoms with E-state index >= 15 is 0 Å². The second kappa shape index (κ2) is 5.76. The van der Waals surface area contributed by atoms with E-state index in [1.807, 2.05) is 0 Å². The Labute approximate surface area is 125 Å². The van der Waals surface area contributed by atoms with Crippen molar-refractivity contribution in [3.8, 4) is 5.75 Å². The van der Waals surface area contributed by atoms with Gasteiger partial charge in [0.1, 0.15) is 5.75 Å². The second-order valence-electron chi connectivity index (χ2n) is 5.79. The Kier molecular flexibility index (Phi) is 3.82. The molecule has 2 aromatic carbocycles. The third-order valence-corrected chi connectivity index (χ3v) is 4.52. The zero-order valence-electron chi connectivity index (χ0n) is 12.4. The number of methoxy groups -OCH3 is 1. The highest BCUT2D eigenvalue weighted by molar-refractivity contribution is 5.92. The molecule has 0 saturated heterocycles. The van der Waals surface area contributed by atoms with Crippen molar-refractivity contribution in [1.82, 2.24) is 0 Å². The fraction of sp³-hybridized carbons (Fsp3) is 0.389. The first kappa shape index (κ1) is 13.9. The first-order chi connectivity index (χ1) is 10.2. The fourth-order valence-corrected chi connectivity index (χ4v) is 3.54. The fourth-order valence-electron chi connectivity index (χ4n) is 3.54. The standard InChI is InChI=1S/C18H21NO2/c1-21-16-11-9-13-5-2-6-14-12(4-3-7-17(19)20)8-10-15(16)18(13)14/h2,5-6,9,11-12H,3-4,7-8,10H2,1H3,(H2,19,20). The largest absolute Gasteiger partial charge is 0.496 e. The van der Waals surface area contributed by atoms with Crippen LogP contribution in [0, 0.1) is 0 Å². The van der Waals surface area contributed by atoms with E-state index in [4.69, 9.17) is 10.5 Å². The summed E-state index contributed by atoms with van der Waals surface area (Å²) in [6, 6.07) is 10.7. The molecule has 0 saturated carbocycles. The molecule has 1 aliphatic carbocycles. The van der Waals surface area contributed by atoms with Gasteiger partial charge < -0.3 is 10.5 Å². The third-order valence-electron chi connectivity index (χ3n) is 4.52. The number of rotatable bonds is 5. The number of amides is 1. The van der Waals surface area contributed by atoms with Gasteiger partial charge in [0.05, 0.1) is 7.11 Å². The minimum absolute atomic E-state index is 0.203. The molecule has 21 heavy (non-hydrogen) atoms. The van der Waals surface area contributed by atoms with Crippen LogP contribution >= 0.6 is 0 Å². The average Bonchev–Trinajstić information content (AvgIpc) is 2.49. The number of aryl methyl sites for hydroxylation is 1. The van der Waals surface area contributed by atoms with Crippen molar-refractivity contribution in [2.24, 2.45) is 5.73 Å². The predicted octanol–water partition coefficient (Wildman–Crippen LogP) is 3.53. The van der Waals surface area contributed by atoms with Crippen molar-refractivity contribution in [2.45, 2.75) is 38.0 Å². The molecule has 0 fully saturated rings. The first-order valence-corrected chi connectivity index (χ1v) is 7.57. The molecule has 0 bridgehead atoms. The van der Waals surface area contributed by atoms with Gasteiger partial charge in [-0.15, -0.1) is 0 Å². The van der Waals surface area contributed by atoms with Gasteiger partial charge in [-0.3, -0.25) is 4.79 Å². The smallest absolute Gasteiger partial charge is 0.217 e. The van der Waals surface area contributed by atoms with Gasteiger partial charge >= 0.3 is 0 Å². The molecule has 2 aromatic rings. The van der Waals surface area contributed by atoms with Gasteiger partial charge in [0, 0.05) is 12.0 Å². The third kappa shape index (κ3) is 2.60. The van der Waals surface area contributed by atoms with Crippen molar-refractivity contribution < 1.29 is 9.53 Å². The van der Waals surface area contributed by atoms with E-state index in [0.29, 0.717) is 12.3 Å². The molecule has 110 valence electrons. The topological polar surface area (TPSA) is 52.3 Å². The Hall–Kier alpha value is -2.03. The lowest BCUT2D eigenvalue weighted by Gasteiger charge is -2.27. The van der Waals surface area contributed by atoms with E-state index in [-0.39, 0.29) is 5.91 Å². The van der Waals surface area contributed by atoms with Crippen LogP contribution in [0.2, 0.25) is 0 Å². The van der Waals surface area contributed by atoms with Crippen LogP contribution in [0.15, 0.2) is 30.3 Å². The SMILES string of the molecule is COc1ccc2cccc3c2c1CCC3CCCC(N)=O. The van der Waals surface area contributed by atoms with Crippen molar-refractivity contribution in [2.75, 3.05) is 7.11 Å². The maximum Gasteiger partial charge on any atom is 0.217 e. The van der Waals surface area contributed by atoms with Crippen LogP contribution in [0.1, 0.15) is 42.7 Å². The maximum atomic E-state index is 10.9. The molecule has 0 aromatic heterocycles.